The van der Waals surface area contributed by atoms with Gasteiger partial charge in [-0.1, -0.05) is 52.4 Å². The van der Waals surface area contributed by atoms with Gasteiger partial charge in [0, 0.05) is 9.75 Å². The molecule has 1 heterocycles. The van der Waals surface area contributed by atoms with Gasteiger partial charge in [0.25, 0.3) is 0 Å². The molecule has 0 aromatic carbocycles. The van der Waals surface area contributed by atoms with Crippen LogP contribution in [0.3, 0.4) is 0 Å². The number of hydrogen-bond donors (Lipinski definition) is 0. The average molecular weight is 553 g/mol. The molecule has 9 heteroatoms. The SMILES string of the molecule is CCCCCCc1c(CP(=O)(OCC)OCC)sc(CP(=O)(OCC)OCC)c1CCCCCC. The molecule has 1 rings (SSSR count). The van der Waals surface area contributed by atoms with Gasteiger partial charge in [0.15, 0.2) is 0 Å². The lowest BCUT2D eigenvalue weighted by Gasteiger charge is -2.18. The molecule has 0 N–H and O–H groups in total. The van der Waals surface area contributed by atoms with Crippen LogP contribution in [0.1, 0.15) is 114 Å². The van der Waals surface area contributed by atoms with E-state index < -0.39 is 15.2 Å². The minimum atomic E-state index is -3.25. The van der Waals surface area contributed by atoms with E-state index in [1.807, 2.05) is 27.7 Å². The summed E-state index contributed by atoms with van der Waals surface area (Å²) >= 11 is 1.61. The molecule has 206 valence electrons. The molecular weight excluding hydrogens is 502 g/mol. The van der Waals surface area contributed by atoms with Crippen LogP contribution in [0.2, 0.25) is 0 Å². The zero-order chi connectivity index (χ0) is 26.2. The van der Waals surface area contributed by atoms with E-state index in [1.54, 1.807) is 11.3 Å². The van der Waals surface area contributed by atoms with Crippen molar-refractivity contribution in [2.24, 2.45) is 0 Å². The van der Waals surface area contributed by atoms with E-state index in [-0.39, 0.29) is 12.3 Å². The van der Waals surface area contributed by atoms with E-state index in [2.05, 4.69) is 13.8 Å². The van der Waals surface area contributed by atoms with Crippen LogP contribution in [0, 0.1) is 0 Å². The van der Waals surface area contributed by atoms with Crippen LogP contribution >= 0.6 is 26.5 Å². The number of hydrogen-bond acceptors (Lipinski definition) is 7. The van der Waals surface area contributed by atoms with Gasteiger partial charge in [-0.2, -0.15) is 0 Å². The lowest BCUT2D eigenvalue weighted by Crippen LogP contribution is -2.03. The normalized spacial score (nSPS) is 12.5. The first-order valence-corrected chi connectivity index (χ1v) is 18.0. The predicted octanol–water partition coefficient (Wildman–Crippen LogP) is 9.53. The topological polar surface area (TPSA) is 71.1 Å². The molecule has 0 radical (unpaired) electrons. The van der Waals surface area contributed by atoms with Gasteiger partial charge in [-0.15, -0.1) is 11.3 Å². The number of unbranched alkanes of at least 4 members (excludes halogenated alkanes) is 6. The Hall–Kier alpha value is -0.000000000000000111. The summed E-state index contributed by atoms with van der Waals surface area (Å²) in [6.07, 6.45) is 11.7. The van der Waals surface area contributed by atoms with Crippen molar-refractivity contribution in [2.45, 2.75) is 118 Å². The van der Waals surface area contributed by atoms with Gasteiger partial charge in [-0.3, -0.25) is 9.13 Å². The zero-order valence-corrected chi connectivity index (χ0v) is 25.7. The first-order chi connectivity index (χ1) is 16.8. The van der Waals surface area contributed by atoms with Crippen molar-refractivity contribution in [1.82, 2.24) is 0 Å². The molecule has 35 heavy (non-hydrogen) atoms. The standard InChI is InChI=1S/C26H50O6P2S/c1-7-13-15-17-19-23-24(20-18-16-14-8-2)26(22-34(28,31-11-5)32-12-6)35-25(23)21-33(27,29-9-3)30-10-4/h7-22H2,1-6H3. The third kappa shape index (κ3) is 11.9. The fourth-order valence-corrected chi connectivity index (χ4v) is 9.93. The summed E-state index contributed by atoms with van der Waals surface area (Å²) in [6.45, 7) is 13.2. The van der Waals surface area contributed by atoms with Crippen LogP contribution in [0.4, 0.5) is 0 Å². The highest BCUT2D eigenvalue weighted by Gasteiger charge is 2.32. The molecular formula is C26H50O6P2S. The Kier molecular flexibility index (Phi) is 17.3. The van der Waals surface area contributed by atoms with Crippen LogP contribution in [0.25, 0.3) is 0 Å². The van der Waals surface area contributed by atoms with Crippen LogP contribution in [0.15, 0.2) is 0 Å². The second kappa shape index (κ2) is 18.3. The monoisotopic (exact) mass is 552 g/mol. The molecule has 0 unspecified atom stereocenters. The van der Waals surface area contributed by atoms with Gasteiger partial charge in [-0.25, -0.2) is 0 Å². The molecule has 1 aromatic heterocycles. The van der Waals surface area contributed by atoms with Crippen molar-refractivity contribution in [1.29, 1.82) is 0 Å². The molecule has 6 nitrogen and oxygen atoms in total. The summed E-state index contributed by atoms with van der Waals surface area (Å²) in [5.41, 5.74) is 2.52. The van der Waals surface area contributed by atoms with Crippen LogP contribution in [-0.2, 0) is 52.4 Å². The van der Waals surface area contributed by atoms with Gasteiger partial charge in [0.2, 0.25) is 0 Å². The van der Waals surface area contributed by atoms with E-state index in [9.17, 15) is 9.13 Å². The minimum Gasteiger partial charge on any atom is -0.309 e. The Morgan fingerprint density at radius 2 is 0.886 bits per heavy atom. The van der Waals surface area contributed by atoms with E-state index in [1.165, 1.54) is 49.7 Å². The first-order valence-electron chi connectivity index (χ1n) is 13.7. The first kappa shape index (κ1) is 33.0. The molecule has 0 saturated heterocycles. The Balaban J connectivity index is 3.46. The van der Waals surface area contributed by atoms with Crippen LogP contribution < -0.4 is 0 Å². The largest absolute Gasteiger partial charge is 0.335 e. The van der Waals surface area contributed by atoms with E-state index >= 15 is 0 Å². The van der Waals surface area contributed by atoms with Crippen molar-refractivity contribution in [2.75, 3.05) is 26.4 Å². The second-order valence-corrected chi connectivity index (χ2v) is 14.0. The van der Waals surface area contributed by atoms with Gasteiger partial charge < -0.3 is 18.1 Å². The third-order valence-electron chi connectivity index (χ3n) is 5.82. The highest BCUT2D eigenvalue weighted by molar-refractivity contribution is 7.54. The number of thiophene rings is 1. The molecule has 0 aliphatic carbocycles. The smallest absolute Gasteiger partial charge is 0.309 e. The van der Waals surface area contributed by atoms with E-state index in [0.717, 1.165) is 35.4 Å². The summed E-state index contributed by atoms with van der Waals surface area (Å²) in [7, 11) is -6.51. The molecule has 0 aliphatic heterocycles. The van der Waals surface area contributed by atoms with Gasteiger partial charge in [0.05, 0.1) is 38.8 Å². The molecule has 0 atom stereocenters. The maximum Gasteiger partial charge on any atom is 0.335 e. The van der Waals surface area contributed by atoms with Crippen molar-refractivity contribution >= 4 is 26.5 Å². The highest BCUT2D eigenvalue weighted by Crippen LogP contribution is 2.56. The lowest BCUT2D eigenvalue weighted by atomic mass is 9.97. The van der Waals surface area contributed by atoms with Crippen molar-refractivity contribution in [3.8, 4) is 0 Å². The minimum absolute atomic E-state index is 0.262. The Morgan fingerprint density at radius 1 is 0.543 bits per heavy atom. The summed E-state index contributed by atoms with van der Waals surface area (Å²) in [5, 5.41) is 0. The van der Waals surface area contributed by atoms with Crippen LogP contribution in [-0.4, -0.2) is 26.4 Å². The molecule has 0 fully saturated rings. The van der Waals surface area contributed by atoms with E-state index in [0.29, 0.717) is 26.4 Å². The zero-order valence-electron chi connectivity index (χ0n) is 23.1. The maximum absolute atomic E-state index is 13.5. The third-order valence-corrected chi connectivity index (χ3v) is 11.5. The molecule has 0 saturated carbocycles. The number of rotatable bonds is 22. The molecule has 0 spiro atoms. The van der Waals surface area contributed by atoms with E-state index in [4.69, 9.17) is 18.1 Å². The van der Waals surface area contributed by atoms with Crippen LogP contribution in [0.5, 0.6) is 0 Å². The van der Waals surface area contributed by atoms with Crippen molar-refractivity contribution in [3.05, 3.63) is 20.9 Å². The quantitative estimate of drug-likeness (QED) is 0.105. The van der Waals surface area contributed by atoms with Gasteiger partial charge >= 0.3 is 15.2 Å². The maximum atomic E-state index is 13.5. The van der Waals surface area contributed by atoms with Gasteiger partial charge in [0.1, 0.15) is 0 Å². The summed E-state index contributed by atoms with van der Waals surface area (Å²) in [4.78, 5) is 2.10. The highest BCUT2D eigenvalue weighted by atomic mass is 32.1. The summed E-state index contributed by atoms with van der Waals surface area (Å²) < 4.78 is 49.6. The van der Waals surface area contributed by atoms with Gasteiger partial charge in [-0.05, 0) is 64.5 Å². The fourth-order valence-electron chi connectivity index (χ4n) is 4.30. The summed E-state index contributed by atoms with van der Waals surface area (Å²) in [6, 6.07) is 0. The summed E-state index contributed by atoms with van der Waals surface area (Å²) in [5.74, 6) is 0. The fraction of sp³-hybridized carbons (Fsp3) is 0.846. The average Bonchev–Trinajstić information content (AvgIpc) is 3.09. The Labute approximate surface area is 218 Å². The Morgan fingerprint density at radius 3 is 1.17 bits per heavy atom. The van der Waals surface area contributed by atoms with Crippen molar-refractivity contribution in [3.63, 3.8) is 0 Å². The second-order valence-electron chi connectivity index (χ2n) is 8.74. The molecule has 0 amide bonds. The molecule has 0 aliphatic rings. The molecule has 1 aromatic rings. The lowest BCUT2D eigenvalue weighted by molar-refractivity contribution is 0.218. The Bertz CT molecular complexity index is 713. The predicted molar refractivity (Wildman–Crippen MR) is 149 cm³/mol. The molecule has 0 bridgehead atoms. The van der Waals surface area contributed by atoms with Crippen molar-refractivity contribution < 1.29 is 27.2 Å².